The Morgan fingerprint density at radius 2 is 2.05 bits per heavy atom. The topological polar surface area (TPSA) is 49.3 Å². The maximum absolute atomic E-state index is 13.1. The molecule has 4 heteroatoms. The number of carbonyl (C=O) groups excluding carboxylic acids is 1. The zero-order valence-electron chi connectivity index (χ0n) is 13.1. The summed E-state index contributed by atoms with van der Waals surface area (Å²) in [6.45, 7) is 6.33. The molecule has 0 radical (unpaired) electrons. The molecule has 0 saturated heterocycles. The van der Waals surface area contributed by atoms with Gasteiger partial charge in [0.25, 0.3) is 0 Å². The third-order valence-corrected chi connectivity index (χ3v) is 3.29. The number of hydrogen-bond acceptors (Lipinski definition) is 2. The van der Waals surface area contributed by atoms with Crippen LogP contribution in [0.3, 0.4) is 0 Å². The Morgan fingerprint density at radius 1 is 1.33 bits per heavy atom. The fraction of sp³-hybridized carbons (Fsp3) is 0.588. The van der Waals surface area contributed by atoms with Crippen LogP contribution in [0.5, 0.6) is 0 Å². The van der Waals surface area contributed by atoms with E-state index in [2.05, 4.69) is 5.32 Å². The number of aliphatic hydroxyl groups is 1. The summed E-state index contributed by atoms with van der Waals surface area (Å²) in [5, 5.41) is 12.5. The molecule has 118 valence electrons. The average Bonchev–Trinajstić information content (AvgIpc) is 2.35. The average molecular weight is 295 g/mol. The molecule has 0 spiro atoms. The van der Waals surface area contributed by atoms with Gasteiger partial charge in [0.2, 0.25) is 5.91 Å². The first-order valence-corrected chi connectivity index (χ1v) is 7.56. The third-order valence-electron chi connectivity index (χ3n) is 3.29. The number of amides is 1. The van der Waals surface area contributed by atoms with E-state index < -0.39 is 6.10 Å². The number of benzene rings is 1. The van der Waals surface area contributed by atoms with Crippen molar-refractivity contribution in [3.05, 3.63) is 35.6 Å². The van der Waals surface area contributed by atoms with E-state index in [0.29, 0.717) is 31.7 Å². The van der Waals surface area contributed by atoms with Gasteiger partial charge < -0.3 is 10.4 Å². The smallest absolute Gasteiger partial charge is 0.220 e. The van der Waals surface area contributed by atoms with Crippen molar-refractivity contribution in [3.63, 3.8) is 0 Å². The standard InChI is InChI=1S/C17H26FNO2/c1-12(2)7-16(20)11-19-17(21)9-13(3)8-14-5-4-6-15(18)10-14/h4-6,10,12-13,16,20H,7-9,11H2,1-3H3,(H,19,21). The Hall–Kier alpha value is -1.42. The fourth-order valence-corrected chi connectivity index (χ4v) is 2.39. The second-order valence-electron chi connectivity index (χ2n) is 6.23. The van der Waals surface area contributed by atoms with E-state index in [0.717, 1.165) is 5.56 Å². The van der Waals surface area contributed by atoms with Crippen molar-refractivity contribution >= 4 is 5.91 Å². The molecule has 2 atom stereocenters. The van der Waals surface area contributed by atoms with Crippen molar-refractivity contribution in [2.24, 2.45) is 11.8 Å². The quantitative estimate of drug-likeness (QED) is 0.774. The van der Waals surface area contributed by atoms with Crippen LogP contribution < -0.4 is 5.32 Å². The molecule has 0 aliphatic heterocycles. The van der Waals surface area contributed by atoms with Gasteiger partial charge in [0, 0.05) is 13.0 Å². The molecule has 1 amide bonds. The summed E-state index contributed by atoms with van der Waals surface area (Å²) in [6.07, 6.45) is 1.23. The van der Waals surface area contributed by atoms with Crippen LogP contribution in [0.15, 0.2) is 24.3 Å². The minimum atomic E-state index is -0.493. The minimum Gasteiger partial charge on any atom is -0.391 e. The summed E-state index contributed by atoms with van der Waals surface area (Å²) in [6, 6.07) is 6.46. The van der Waals surface area contributed by atoms with Gasteiger partial charge in [0.15, 0.2) is 0 Å². The van der Waals surface area contributed by atoms with E-state index in [1.807, 2.05) is 26.8 Å². The van der Waals surface area contributed by atoms with E-state index in [1.54, 1.807) is 6.07 Å². The Balaban J connectivity index is 2.30. The van der Waals surface area contributed by atoms with Gasteiger partial charge in [0.1, 0.15) is 5.82 Å². The van der Waals surface area contributed by atoms with Crippen LogP contribution in [-0.2, 0) is 11.2 Å². The minimum absolute atomic E-state index is 0.0679. The molecule has 1 aromatic carbocycles. The molecule has 0 aromatic heterocycles. The van der Waals surface area contributed by atoms with Crippen LogP contribution in [0.1, 0.15) is 39.2 Å². The molecule has 1 rings (SSSR count). The van der Waals surface area contributed by atoms with Crippen molar-refractivity contribution in [1.82, 2.24) is 5.32 Å². The van der Waals surface area contributed by atoms with Gasteiger partial charge in [-0.3, -0.25) is 4.79 Å². The lowest BCUT2D eigenvalue weighted by molar-refractivity contribution is -0.122. The van der Waals surface area contributed by atoms with E-state index in [9.17, 15) is 14.3 Å². The first-order chi connectivity index (χ1) is 9.86. The Kier molecular flexibility index (Phi) is 7.37. The highest BCUT2D eigenvalue weighted by Gasteiger charge is 2.12. The predicted octanol–water partition coefficient (Wildman–Crippen LogP) is 2.92. The maximum atomic E-state index is 13.1. The summed E-state index contributed by atoms with van der Waals surface area (Å²) in [5.41, 5.74) is 0.898. The molecule has 2 N–H and O–H groups in total. The SMILES string of the molecule is CC(C)CC(O)CNC(=O)CC(C)Cc1cccc(F)c1. The van der Waals surface area contributed by atoms with Crippen molar-refractivity contribution in [3.8, 4) is 0 Å². The van der Waals surface area contributed by atoms with Crippen LogP contribution in [0.2, 0.25) is 0 Å². The van der Waals surface area contributed by atoms with Crippen LogP contribution in [0.25, 0.3) is 0 Å². The number of nitrogens with one attached hydrogen (secondary N) is 1. The number of halogens is 1. The highest BCUT2D eigenvalue weighted by Crippen LogP contribution is 2.13. The van der Waals surface area contributed by atoms with Crippen molar-refractivity contribution in [1.29, 1.82) is 0 Å². The van der Waals surface area contributed by atoms with Crippen LogP contribution in [0, 0.1) is 17.7 Å². The van der Waals surface area contributed by atoms with Gasteiger partial charge in [-0.25, -0.2) is 4.39 Å². The normalized spacial score (nSPS) is 14.0. The number of rotatable bonds is 8. The summed E-state index contributed by atoms with van der Waals surface area (Å²) in [7, 11) is 0. The molecule has 0 heterocycles. The van der Waals surface area contributed by atoms with Crippen molar-refractivity contribution in [2.75, 3.05) is 6.54 Å². The molecule has 0 bridgehead atoms. The molecular weight excluding hydrogens is 269 g/mol. The molecule has 0 aliphatic carbocycles. The molecule has 2 unspecified atom stereocenters. The monoisotopic (exact) mass is 295 g/mol. The van der Waals surface area contributed by atoms with Crippen molar-refractivity contribution in [2.45, 2.75) is 46.1 Å². The Bertz CT molecular complexity index is 448. The second-order valence-corrected chi connectivity index (χ2v) is 6.23. The Labute approximate surface area is 126 Å². The lowest BCUT2D eigenvalue weighted by Crippen LogP contribution is -2.33. The molecule has 1 aromatic rings. The van der Waals surface area contributed by atoms with Crippen LogP contribution in [-0.4, -0.2) is 23.7 Å². The second kappa shape index (κ2) is 8.78. The summed E-state index contributed by atoms with van der Waals surface area (Å²) in [5.74, 6) is 0.223. The maximum Gasteiger partial charge on any atom is 0.220 e. The van der Waals surface area contributed by atoms with Crippen molar-refractivity contribution < 1.29 is 14.3 Å². The molecular formula is C17H26FNO2. The summed E-state index contributed by atoms with van der Waals surface area (Å²) < 4.78 is 13.1. The number of hydrogen-bond donors (Lipinski definition) is 2. The zero-order valence-corrected chi connectivity index (χ0v) is 13.1. The van der Waals surface area contributed by atoms with E-state index in [1.165, 1.54) is 12.1 Å². The lowest BCUT2D eigenvalue weighted by Gasteiger charge is -2.15. The van der Waals surface area contributed by atoms with Crippen LogP contribution in [0.4, 0.5) is 4.39 Å². The largest absolute Gasteiger partial charge is 0.391 e. The highest BCUT2D eigenvalue weighted by molar-refractivity contribution is 5.76. The van der Waals surface area contributed by atoms with E-state index in [4.69, 9.17) is 0 Å². The van der Waals surface area contributed by atoms with Gasteiger partial charge in [-0.05, 0) is 42.4 Å². The molecule has 0 aliphatic rings. The first kappa shape index (κ1) is 17.6. The number of carbonyl (C=O) groups is 1. The molecule has 3 nitrogen and oxygen atoms in total. The first-order valence-electron chi connectivity index (χ1n) is 7.56. The molecule has 21 heavy (non-hydrogen) atoms. The van der Waals surface area contributed by atoms with E-state index >= 15 is 0 Å². The summed E-state index contributed by atoms with van der Waals surface area (Å²) in [4.78, 5) is 11.8. The molecule has 0 fully saturated rings. The fourth-order valence-electron chi connectivity index (χ4n) is 2.39. The van der Waals surface area contributed by atoms with E-state index in [-0.39, 0.29) is 17.6 Å². The Morgan fingerprint density at radius 3 is 2.67 bits per heavy atom. The third kappa shape index (κ3) is 7.81. The number of aliphatic hydroxyl groups excluding tert-OH is 1. The van der Waals surface area contributed by atoms with Gasteiger partial charge in [-0.15, -0.1) is 0 Å². The molecule has 0 saturated carbocycles. The highest BCUT2D eigenvalue weighted by atomic mass is 19.1. The van der Waals surface area contributed by atoms with Gasteiger partial charge in [-0.1, -0.05) is 32.9 Å². The predicted molar refractivity (Wildman–Crippen MR) is 82.4 cm³/mol. The lowest BCUT2D eigenvalue weighted by atomic mass is 9.97. The van der Waals surface area contributed by atoms with Gasteiger partial charge in [-0.2, -0.15) is 0 Å². The zero-order chi connectivity index (χ0) is 15.8. The van der Waals surface area contributed by atoms with Crippen LogP contribution >= 0.6 is 0 Å². The van der Waals surface area contributed by atoms with Gasteiger partial charge in [0.05, 0.1) is 6.10 Å². The van der Waals surface area contributed by atoms with Gasteiger partial charge >= 0.3 is 0 Å². The summed E-state index contributed by atoms with van der Waals surface area (Å²) >= 11 is 0.